The molecule has 0 aliphatic carbocycles. The standard InChI is InChI=1S/C20H17BrFN5/c1-11-6-16(21)5-4-14(11)10-27-19(15-7-17(22)9-23-8-15)26-18-12(2)24-13(3)25-20(18)27/h4-9H,10H2,1-3H3. The predicted octanol–water partition coefficient (Wildman–Crippen LogP) is 4.76. The van der Waals surface area contributed by atoms with Crippen molar-refractivity contribution in [2.75, 3.05) is 0 Å². The van der Waals surface area contributed by atoms with E-state index in [9.17, 15) is 4.39 Å². The molecule has 0 aliphatic heterocycles. The molecule has 0 atom stereocenters. The SMILES string of the molecule is Cc1nc(C)c2nc(-c3cncc(F)c3)n(Cc3ccc(Br)cc3C)c2n1. The number of rotatable bonds is 3. The van der Waals surface area contributed by atoms with Gasteiger partial charge in [0.25, 0.3) is 0 Å². The first-order valence-electron chi connectivity index (χ1n) is 8.50. The summed E-state index contributed by atoms with van der Waals surface area (Å²) in [6, 6.07) is 7.59. The number of fused-ring (bicyclic) bond motifs is 1. The molecule has 4 rings (SSSR count). The van der Waals surface area contributed by atoms with Crippen LogP contribution in [0.25, 0.3) is 22.6 Å². The first-order valence-corrected chi connectivity index (χ1v) is 9.29. The molecule has 0 saturated carbocycles. The molecule has 1 aromatic carbocycles. The first kappa shape index (κ1) is 17.7. The van der Waals surface area contributed by atoms with Crippen LogP contribution >= 0.6 is 15.9 Å². The van der Waals surface area contributed by atoms with E-state index in [-0.39, 0.29) is 0 Å². The Morgan fingerprint density at radius 2 is 1.85 bits per heavy atom. The molecule has 7 heteroatoms. The zero-order valence-electron chi connectivity index (χ0n) is 15.2. The van der Waals surface area contributed by atoms with Gasteiger partial charge in [-0.2, -0.15) is 0 Å². The molecule has 5 nitrogen and oxygen atoms in total. The largest absolute Gasteiger partial charge is 0.304 e. The fraction of sp³-hybridized carbons (Fsp3) is 0.200. The molecule has 0 fully saturated rings. The average molecular weight is 426 g/mol. The minimum Gasteiger partial charge on any atom is -0.304 e. The lowest BCUT2D eigenvalue weighted by molar-refractivity contribution is 0.621. The molecular weight excluding hydrogens is 409 g/mol. The van der Waals surface area contributed by atoms with Gasteiger partial charge in [0.1, 0.15) is 23.0 Å². The van der Waals surface area contributed by atoms with Crippen molar-refractivity contribution in [3.05, 3.63) is 69.6 Å². The van der Waals surface area contributed by atoms with Crippen molar-refractivity contribution in [3.8, 4) is 11.4 Å². The van der Waals surface area contributed by atoms with E-state index in [1.807, 2.05) is 24.5 Å². The van der Waals surface area contributed by atoms with E-state index in [0.29, 0.717) is 23.8 Å². The molecule has 0 bridgehead atoms. The molecule has 0 aliphatic rings. The molecule has 3 heterocycles. The third-order valence-corrected chi connectivity index (χ3v) is 4.97. The lowest BCUT2D eigenvalue weighted by Crippen LogP contribution is -2.06. The Morgan fingerprint density at radius 3 is 2.59 bits per heavy atom. The molecule has 0 saturated heterocycles. The predicted molar refractivity (Wildman–Crippen MR) is 106 cm³/mol. The maximum atomic E-state index is 13.8. The van der Waals surface area contributed by atoms with E-state index in [4.69, 9.17) is 4.98 Å². The topological polar surface area (TPSA) is 56.5 Å². The summed E-state index contributed by atoms with van der Waals surface area (Å²) >= 11 is 3.50. The number of pyridine rings is 1. The molecular formula is C20H17BrFN5. The summed E-state index contributed by atoms with van der Waals surface area (Å²) < 4.78 is 16.8. The van der Waals surface area contributed by atoms with Gasteiger partial charge >= 0.3 is 0 Å². The number of nitrogens with zero attached hydrogens (tertiary/aromatic N) is 5. The van der Waals surface area contributed by atoms with Crippen molar-refractivity contribution in [1.29, 1.82) is 0 Å². The van der Waals surface area contributed by atoms with Crippen molar-refractivity contribution in [1.82, 2.24) is 24.5 Å². The molecule has 3 aromatic heterocycles. The van der Waals surface area contributed by atoms with E-state index in [1.54, 1.807) is 6.20 Å². The zero-order chi connectivity index (χ0) is 19.1. The quantitative estimate of drug-likeness (QED) is 0.474. The van der Waals surface area contributed by atoms with Gasteiger partial charge in [-0.25, -0.2) is 19.3 Å². The molecule has 136 valence electrons. The maximum absolute atomic E-state index is 13.8. The number of aromatic nitrogens is 5. The van der Waals surface area contributed by atoms with Gasteiger partial charge in [-0.3, -0.25) is 4.98 Å². The van der Waals surface area contributed by atoms with E-state index in [0.717, 1.165) is 32.5 Å². The molecule has 0 spiro atoms. The lowest BCUT2D eigenvalue weighted by atomic mass is 10.1. The smallest absolute Gasteiger partial charge is 0.164 e. The van der Waals surface area contributed by atoms with Gasteiger partial charge in [0, 0.05) is 16.2 Å². The van der Waals surface area contributed by atoms with Gasteiger partial charge in [0.2, 0.25) is 0 Å². The Labute approximate surface area is 164 Å². The Balaban J connectivity index is 1.97. The van der Waals surface area contributed by atoms with Crippen LogP contribution in [0.5, 0.6) is 0 Å². The Bertz CT molecular complexity index is 1170. The third-order valence-electron chi connectivity index (χ3n) is 4.48. The van der Waals surface area contributed by atoms with E-state index >= 15 is 0 Å². The van der Waals surface area contributed by atoms with Gasteiger partial charge in [-0.1, -0.05) is 22.0 Å². The Hall–Kier alpha value is -2.67. The molecule has 0 N–H and O–H groups in total. The second-order valence-corrected chi connectivity index (χ2v) is 7.43. The van der Waals surface area contributed by atoms with Crippen LogP contribution < -0.4 is 0 Å². The first-order chi connectivity index (χ1) is 12.9. The van der Waals surface area contributed by atoms with Crippen molar-refractivity contribution in [2.45, 2.75) is 27.3 Å². The molecule has 4 aromatic rings. The van der Waals surface area contributed by atoms with E-state index in [2.05, 4.69) is 49.9 Å². The highest BCUT2D eigenvalue weighted by Gasteiger charge is 2.18. The zero-order valence-corrected chi connectivity index (χ0v) is 16.7. The normalized spacial score (nSPS) is 11.3. The summed E-state index contributed by atoms with van der Waals surface area (Å²) in [6.07, 6.45) is 2.80. The van der Waals surface area contributed by atoms with E-state index < -0.39 is 5.82 Å². The summed E-state index contributed by atoms with van der Waals surface area (Å²) in [5, 5.41) is 0. The highest BCUT2D eigenvalue weighted by molar-refractivity contribution is 9.10. The summed E-state index contributed by atoms with van der Waals surface area (Å²) in [6.45, 7) is 6.40. The van der Waals surface area contributed by atoms with Crippen LogP contribution in [-0.4, -0.2) is 24.5 Å². The van der Waals surface area contributed by atoms with Crippen LogP contribution in [0.4, 0.5) is 4.39 Å². The summed E-state index contributed by atoms with van der Waals surface area (Å²) in [7, 11) is 0. The van der Waals surface area contributed by atoms with Gasteiger partial charge in [-0.15, -0.1) is 0 Å². The molecule has 0 radical (unpaired) electrons. The van der Waals surface area contributed by atoms with Crippen LogP contribution in [0.2, 0.25) is 0 Å². The number of imidazole rings is 1. The van der Waals surface area contributed by atoms with Crippen molar-refractivity contribution in [2.24, 2.45) is 0 Å². The van der Waals surface area contributed by atoms with E-state index in [1.165, 1.54) is 12.3 Å². The number of hydrogen-bond donors (Lipinski definition) is 0. The Morgan fingerprint density at radius 1 is 1.04 bits per heavy atom. The summed E-state index contributed by atoms with van der Waals surface area (Å²) in [5.41, 5.74) is 5.15. The van der Waals surface area contributed by atoms with Crippen molar-refractivity contribution >= 4 is 27.1 Å². The number of aryl methyl sites for hydroxylation is 3. The van der Waals surface area contributed by atoms with Crippen LogP contribution in [0, 0.1) is 26.6 Å². The van der Waals surface area contributed by atoms with Crippen LogP contribution in [-0.2, 0) is 6.54 Å². The molecule has 0 unspecified atom stereocenters. The highest BCUT2D eigenvalue weighted by atomic mass is 79.9. The van der Waals surface area contributed by atoms with Gasteiger partial charge in [0.15, 0.2) is 5.65 Å². The lowest BCUT2D eigenvalue weighted by Gasteiger charge is -2.12. The van der Waals surface area contributed by atoms with Crippen molar-refractivity contribution < 1.29 is 4.39 Å². The fourth-order valence-corrected chi connectivity index (χ4v) is 3.66. The Kier molecular flexibility index (Phi) is 4.47. The van der Waals surface area contributed by atoms with Gasteiger partial charge in [-0.05, 0) is 50.1 Å². The van der Waals surface area contributed by atoms with Gasteiger partial charge in [0.05, 0.1) is 18.4 Å². The summed E-state index contributed by atoms with van der Waals surface area (Å²) in [4.78, 5) is 17.7. The minimum atomic E-state index is -0.398. The molecule has 27 heavy (non-hydrogen) atoms. The minimum absolute atomic E-state index is 0.398. The fourth-order valence-electron chi connectivity index (χ4n) is 3.19. The highest BCUT2D eigenvalue weighted by Crippen LogP contribution is 2.27. The second kappa shape index (κ2) is 6.81. The second-order valence-electron chi connectivity index (χ2n) is 6.51. The number of hydrogen-bond acceptors (Lipinski definition) is 4. The van der Waals surface area contributed by atoms with Crippen LogP contribution in [0.15, 0.2) is 41.1 Å². The average Bonchev–Trinajstić information content (AvgIpc) is 2.96. The number of benzene rings is 1. The van der Waals surface area contributed by atoms with Gasteiger partial charge < -0.3 is 4.57 Å². The van der Waals surface area contributed by atoms with Crippen molar-refractivity contribution in [3.63, 3.8) is 0 Å². The maximum Gasteiger partial charge on any atom is 0.164 e. The third kappa shape index (κ3) is 3.35. The van der Waals surface area contributed by atoms with Crippen LogP contribution in [0.3, 0.4) is 0 Å². The number of halogens is 2. The monoisotopic (exact) mass is 425 g/mol. The molecule has 0 amide bonds. The van der Waals surface area contributed by atoms with Crippen LogP contribution in [0.1, 0.15) is 22.6 Å². The summed E-state index contributed by atoms with van der Waals surface area (Å²) in [5.74, 6) is 0.907.